The maximum atomic E-state index is 9.38. The third kappa shape index (κ3) is 2.96. The van der Waals surface area contributed by atoms with Crippen LogP contribution in [0.15, 0.2) is 23.6 Å². The van der Waals surface area contributed by atoms with E-state index in [4.69, 9.17) is 14.5 Å². The zero-order chi connectivity index (χ0) is 18.2. The summed E-state index contributed by atoms with van der Waals surface area (Å²) in [5.74, 6) is 1.44. The van der Waals surface area contributed by atoms with Crippen LogP contribution in [-0.4, -0.2) is 23.6 Å². The van der Waals surface area contributed by atoms with E-state index in [1.165, 1.54) is 0 Å². The number of hydrogen-bond acceptors (Lipinski definition) is 5. The Kier molecular flexibility index (Phi) is 4.44. The van der Waals surface area contributed by atoms with Gasteiger partial charge in [0.2, 0.25) is 0 Å². The highest BCUT2D eigenvalue weighted by Crippen LogP contribution is 2.38. The lowest BCUT2D eigenvalue weighted by molar-refractivity contribution is 0.404. The first-order valence-corrected chi connectivity index (χ1v) is 8.87. The van der Waals surface area contributed by atoms with Crippen molar-refractivity contribution >= 4 is 16.3 Å². The lowest BCUT2D eigenvalue weighted by Crippen LogP contribution is -2.15. The van der Waals surface area contributed by atoms with E-state index < -0.39 is 0 Å². The molecular weight excluding hydrogens is 334 g/mol. The molecule has 0 aliphatic carbocycles. The molecule has 130 valence electrons. The van der Waals surface area contributed by atoms with Gasteiger partial charge in [-0.05, 0) is 18.2 Å². The molecule has 0 fully saturated rings. The second-order valence-electron chi connectivity index (χ2n) is 6.80. The molecule has 0 aliphatic rings. The number of fused-ring (bicyclic) bond motifs is 1. The van der Waals surface area contributed by atoms with Crippen molar-refractivity contribution in [3.8, 4) is 28.8 Å². The van der Waals surface area contributed by atoms with Crippen LogP contribution in [0, 0.1) is 11.3 Å². The Balaban J connectivity index is 2.33. The third-order valence-electron chi connectivity index (χ3n) is 4.14. The van der Waals surface area contributed by atoms with Crippen LogP contribution in [0.1, 0.15) is 32.2 Å². The molecule has 0 bridgehead atoms. The molecule has 25 heavy (non-hydrogen) atoms. The molecule has 2 aromatic heterocycles. The summed E-state index contributed by atoms with van der Waals surface area (Å²) in [7, 11) is 3.26. The lowest BCUT2D eigenvalue weighted by atomic mass is 9.93. The molecule has 0 saturated carbocycles. The quantitative estimate of drug-likeness (QED) is 0.694. The van der Waals surface area contributed by atoms with E-state index in [1.807, 2.05) is 18.2 Å². The van der Waals surface area contributed by atoms with E-state index in [2.05, 4.69) is 36.6 Å². The van der Waals surface area contributed by atoms with Crippen molar-refractivity contribution in [2.45, 2.75) is 32.6 Å². The van der Waals surface area contributed by atoms with Crippen molar-refractivity contribution in [2.24, 2.45) is 0 Å². The average Bonchev–Trinajstić information content (AvgIpc) is 3.14. The van der Waals surface area contributed by atoms with E-state index in [-0.39, 0.29) is 11.8 Å². The Morgan fingerprint density at radius 2 is 2.00 bits per heavy atom. The van der Waals surface area contributed by atoms with Crippen molar-refractivity contribution < 1.29 is 9.47 Å². The first kappa shape index (κ1) is 17.3. The number of ether oxygens (including phenoxy) is 2. The van der Waals surface area contributed by atoms with Crippen LogP contribution in [0.4, 0.5) is 0 Å². The number of hydrogen-bond donors (Lipinski definition) is 0. The summed E-state index contributed by atoms with van der Waals surface area (Å²) in [5, 5.41) is 11.5. The van der Waals surface area contributed by atoms with E-state index >= 15 is 0 Å². The molecule has 0 unspecified atom stereocenters. The number of thiazole rings is 1. The van der Waals surface area contributed by atoms with E-state index in [0.717, 1.165) is 33.4 Å². The average molecular weight is 355 g/mol. The molecule has 0 atom stereocenters. The molecular formula is C19H21N3O2S. The summed E-state index contributed by atoms with van der Waals surface area (Å²) in [6.45, 7) is 6.49. The van der Waals surface area contributed by atoms with Crippen LogP contribution in [0.2, 0.25) is 0 Å². The molecule has 0 spiro atoms. The van der Waals surface area contributed by atoms with Gasteiger partial charge in [0.05, 0.1) is 38.1 Å². The molecule has 0 N–H and O–H groups in total. The van der Waals surface area contributed by atoms with Crippen LogP contribution >= 0.6 is 11.3 Å². The van der Waals surface area contributed by atoms with Crippen molar-refractivity contribution in [1.82, 2.24) is 9.38 Å². The Labute approximate surface area is 151 Å². The van der Waals surface area contributed by atoms with E-state index in [9.17, 15) is 5.26 Å². The molecule has 3 rings (SSSR count). The molecule has 1 aromatic carbocycles. The zero-order valence-corrected chi connectivity index (χ0v) is 15.9. The van der Waals surface area contributed by atoms with Crippen molar-refractivity contribution in [1.29, 1.82) is 5.26 Å². The molecule has 0 radical (unpaired) electrons. The summed E-state index contributed by atoms with van der Waals surface area (Å²) < 4.78 is 13.0. The number of aromatic nitrogens is 2. The second kappa shape index (κ2) is 6.41. The van der Waals surface area contributed by atoms with Crippen molar-refractivity contribution in [3.63, 3.8) is 0 Å². The zero-order valence-electron chi connectivity index (χ0n) is 15.1. The number of rotatable bonds is 4. The molecule has 5 nitrogen and oxygen atoms in total. The highest BCUT2D eigenvalue weighted by atomic mass is 32.1. The minimum atomic E-state index is -0.0428. The Morgan fingerprint density at radius 1 is 1.24 bits per heavy atom. The van der Waals surface area contributed by atoms with Gasteiger partial charge in [-0.3, -0.25) is 4.40 Å². The van der Waals surface area contributed by atoms with Gasteiger partial charge in [0.1, 0.15) is 11.5 Å². The normalized spacial score (nSPS) is 11.5. The molecule has 0 amide bonds. The SMILES string of the molecule is COc1ccc(OC)c(-c2nc3scc(C(C)(C)C)n3c2CC#N)c1. The number of nitriles is 1. The second-order valence-corrected chi connectivity index (χ2v) is 7.63. The molecule has 0 saturated heterocycles. The minimum Gasteiger partial charge on any atom is -0.497 e. The van der Waals surface area contributed by atoms with E-state index in [0.29, 0.717) is 5.75 Å². The Bertz CT molecular complexity index is 958. The monoisotopic (exact) mass is 355 g/mol. The first-order chi connectivity index (χ1) is 11.9. The van der Waals surface area contributed by atoms with Gasteiger partial charge >= 0.3 is 0 Å². The van der Waals surface area contributed by atoms with Gasteiger partial charge in [0.15, 0.2) is 4.96 Å². The molecule has 0 aliphatic heterocycles. The highest BCUT2D eigenvalue weighted by Gasteiger charge is 2.25. The maximum absolute atomic E-state index is 9.38. The topological polar surface area (TPSA) is 59.6 Å². The van der Waals surface area contributed by atoms with Gasteiger partial charge in [-0.2, -0.15) is 5.26 Å². The van der Waals surface area contributed by atoms with Gasteiger partial charge in [-0.15, -0.1) is 11.3 Å². The standard InChI is InChI=1S/C19H21N3O2S/c1-19(2,3)16-11-25-18-21-17(14(8-9-20)22(16)18)13-10-12(23-4)6-7-15(13)24-5/h6-7,10-11H,8H2,1-5H3. The minimum absolute atomic E-state index is 0.0428. The van der Waals surface area contributed by atoms with Gasteiger partial charge in [-0.25, -0.2) is 4.98 Å². The van der Waals surface area contributed by atoms with Gasteiger partial charge in [-0.1, -0.05) is 20.8 Å². The summed E-state index contributed by atoms with van der Waals surface area (Å²) in [4.78, 5) is 5.70. The summed E-state index contributed by atoms with van der Waals surface area (Å²) in [5.41, 5.74) is 3.60. The Hall–Kier alpha value is -2.52. The predicted octanol–water partition coefficient (Wildman–Crippen LogP) is 4.44. The van der Waals surface area contributed by atoms with Gasteiger partial charge < -0.3 is 9.47 Å². The number of nitrogens with zero attached hydrogens (tertiary/aromatic N) is 3. The summed E-state index contributed by atoms with van der Waals surface area (Å²) >= 11 is 1.59. The lowest BCUT2D eigenvalue weighted by Gasteiger charge is -2.18. The fourth-order valence-corrected chi connectivity index (χ4v) is 4.02. The number of benzene rings is 1. The third-order valence-corrected chi connectivity index (χ3v) is 4.96. The molecule has 2 heterocycles. The van der Waals surface area contributed by atoms with Crippen molar-refractivity contribution in [3.05, 3.63) is 35.0 Å². The van der Waals surface area contributed by atoms with Crippen LogP contribution in [0.3, 0.4) is 0 Å². The fraction of sp³-hybridized carbons (Fsp3) is 0.368. The number of imidazole rings is 1. The summed E-state index contributed by atoms with van der Waals surface area (Å²) in [6.07, 6.45) is 0.274. The molecule has 6 heteroatoms. The molecule has 3 aromatic rings. The van der Waals surface area contributed by atoms with E-state index in [1.54, 1.807) is 25.6 Å². The van der Waals surface area contributed by atoms with Crippen molar-refractivity contribution in [2.75, 3.05) is 14.2 Å². The van der Waals surface area contributed by atoms with Crippen LogP contribution in [-0.2, 0) is 11.8 Å². The maximum Gasteiger partial charge on any atom is 0.194 e. The van der Waals surface area contributed by atoms with Gasteiger partial charge in [0, 0.05) is 22.1 Å². The van der Waals surface area contributed by atoms with Crippen LogP contribution in [0.5, 0.6) is 11.5 Å². The summed E-state index contributed by atoms with van der Waals surface area (Å²) in [6, 6.07) is 7.90. The van der Waals surface area contributed by atoms with Crippen LogP contribution in [0.25, 0.3) is 16.2 Å². The smallest absolute Gasteiger partial charge is 0.194 e. The van der Waals surface area contributed by atoms with Crippen LogP contribution < -0.4 is 9.47 Å². The first-order valence-electron chi connectivity index (χ1n) is 7.99. The highest BCUT2D eigenvalue weighted by molar-refractivity contribution is 7.15. The fourth-order valence-electron chi connectivity index (χ4n) is 2.88. The largest absolute Gasteiger partial charge is 0.497 e. The predicted molar refractivity (Wildman–Crippen MR) is 99.6 cm³/mol. The number of methoxy groups -OCH3 is 2. The van der Waals surface area contributed by atoms with Gasteiger partial charge in [0.25, 0.3) is 0 Å². The Morgan fingerprint density at radius 3 is 2.60 bits per heavy atom.